The van der Waals surface area contributed by atoms with E-state index in [1.165, 1.54) is 12.1 Å². The third-order valence-corrected chi connectivity index (χ3v) is 2.67. The Morgan fingerprint density at radius 1 is 1.47 bits per heavy atom. The van der Waals surface area contributed by atoms with Gasteiger partial charge in [0.2, 0.25) is 0 Å². The monoisotopic (exact) mass is 236 g/mol. The van der Waals surface area contributed by atoms with E-state index in [0.29, 0.717) is 24.2 Å². The zero-order valence-electron chi connectivity index (χ0n) is 10.2. The second kappa shape index (κ2) is 6.33. The molecule has 0 atom stereocenters. The molecule has 0 bridgehead atoms. The van der Waals surface area contributed by atoms with Gasteiger partial charge in [0.05, 0.1) is 18.2 Å². The van der Waals surface area contributed by atoms with Crippen molar-refractivity contribution in [3.05, 3.63) is 35.1 Å². The third kappa shape index (κ3) is 3.81. The first kappa shape index (κ1) is 13.6. The number of aliphatic hydroxyl groups is 1. The fourth-order valence-corrected chi connectivity index (χ4v) is 1.63. The van der Waals surface area contributed by atoms with Gasteiger partial charge in [-0.25, -0.2) is 4.39 Å². The van der Waals surface area contributed by atoms with Gasteiger partial charge >= 0.3 is 0 Å². The number of benzene rings is 1. The maximum Gasteiger partial charge on any atom is 0.127 e. The molecule has 1 aromatic carbocycles. The Labute approximate surface area is 101 Å². The number of rotatable bonds is 5. The molecule has 0 heterocycles. The number of nitriles is 1. The molecule has 0 aliphatic heterocycles. The summed E-state index contributed by atoms with van der Waals surface area (Å²) in [6, 6.07) is 6.54. The van der Waals surface area contributed by atoms with Crippen LogP contribution >= 0.6 is 0 Å². The lowest BCUT2D eigenvalue weighted by Crippen LogP contribution is -2.33. The fraction of sp³-hybridized carbons (Fsp3) is 0.462. The number of halogens is 1. The van der Waals surface area contributed by atoms with Gasteiger partial charge in [-0.3, -0.25) is 4.90 Å². The number of hydrogen-bond donors (Lipinski definition) is 1. The highest BCUT2D eigenvalue weighted by Crippen LogP contribution is 2.14. The summed E-state index contributed by atoms with van der Waals surface area (Å²) in [7, 11) is 0. The molecule has 17 heavy (non-hydrogen) atoms. The Morgan fingerprint density at radius 2 is 2.18 bits per heavy atom. The Balaban J connectivity index is 2.88. The van der Waals surface area contributed by atoms with Gasteiger partial charge in [-0.05, 0) is 32.0 Å². The molecular formula is C13H17FN2O. The molecule has 0 aliphatic carbocycles. The van der Waals surface area contributed by atoms with E-state index in [0.717, 1.165) is 0 Å². The minimum absolute atomic E-state index is 0.0394. The van der Waals surface area contributed by atoms with E-state index in [-0.39, 0.29) is 18.5 Å². The van der Waals surface area contributed by atoms with Gasteiger partial charge in [0, 0.05) is 24.7 Å². The van der Waals surface area contributed by atoms with Gasteiger partial charge in [-0.15, -0.1) is 0 Å². The summed E-state index contributed by atoms with van der Waals surface area (Å²) < 4.78 is 13.6. The lowest BCUT2D eigenvalue weighted by Gasteiger charge is -2.25. The van der Waals surface area contributed by atoms with Crippen LogP contribution in [-0.2, 0) is 6.54 Å². The maximum absolute atomic E-state index is 13.6. The predicted octanol–water partition coefficient (Wildman–Crippen LogP) is 1.90. The molecule has 1 rings (SSSR count). The average Bonchev–Trinajstić information content (AvgIpc) is 2.31. The summed E-state index contributed by atoms with van der Waals surface area (Å²) in [6.45, 7) is 4.91. The highest BCUT2D eigenvalue weighted by atomic mass is 19.1. The predicted molar refractivity (Wildman–Crippen MR) is 63.7 cm³/mol. The zero-order valence-corrected chi connectivity index (χ0v) is 10.2. The highest BCUT2D eigenvalue weighted by molar-refractivity contribution is 5.33. The van der Waals surface area contributed by atoms with E-state index in [9.17, 15) is 4.39 Å². The smallest absolute Gasteiger partial charge is 0.127 e. The second-order valence-electron chi connectivity index (χ2n) is 4.21. The Kier molecular flexibility index (Phi) is 5.08. The Morgan fingerprint density at radius 3 is 2.71 bits per heavy atom. The Bertz CT molecular complexity index is 412. The average molecular weight is 236 g/mol. The number of hydrogen-bond acceptors (Lipinski definition) is 3. The van der Waals surface area contributed by atoms with Crippen LogP contribution in [-0.4, -0.2) is 29.2 Å². The molecule has 1 aromatic rings. The fourth-order valence-electron chi connectivity index (χ4n) is 1.63. The number of aliphatic hydroxyl groups excluding tert-OH is 1. The molecule has 0 saturated carbocycles. The van der Waals surface area contributed by atoms with Crippen molar-refractivity contribution >= 4 is 0 Å². The lowest BCUT2D eigenvalue weighted by atomic mass is 10.1. The largest absolute Gasteiger partial charge is 0.395 e. The molecule has 0 spiro atoms. The van der Waals surface area contributed by atoms with Crippen molar-refractivity contribution in [2.75, 3.05) is 13.2 Å². The molecule has 0 aliphatic rings. The molecule has 0 saturated heterocycles. The zero-order chi connectivity index (χ0) is 12.8. The normalized spacial score (nSPS) is 10.9. The van der Waals surface area contributed by atoms with Gasteiger partial charge in [0.15, 0.2) is 0 Å². The molecule has 0 aromatic heterocycles. The summed E-state index contributed by atoms with van der Waals surface area (Å²) in [5.74, 6) is -0.312. The van der Waals surface area contributed by atoms with E-state index in [4.69, 9.17) is 10.4 Å². The van der Waals surface area contributed by atoms with E-state index in [2.05, 4.69) is 0 Å². The summed E-state index contributed by atoms with van der Waals surface area (Å²) >= 11 is 0. The van der Waals surface area contributed by atoms with Crippen molar-refractivity contribution < 1.29 is 9.50 Å². The Hall–Kier alpha value is -1.44. The van der Waals surface area contributed by atoms with E-state index in [1.54, 1.807) is 6.07 Å². The van der Waals surface area contributed by atoms with Crippen LogP contribution in [0.25, 0.3) is 0 Å². The van der Waals surface area contributed by atoms with Gasteiger partial charge in [0.1, 0.15) is 5.82 Å². The molecule has 3 nitrogen and oxygen atoms in total. The summed E-state index contributed by atoms with van der Waals surface area (Å²) in [5.41, 5.74) is 0.945. The van der Waals surface area contributed by atoms with Crippen molar-refractivity contribution in [1.82, 2.24) is 4.90 Å². The van der Waals surface area contributed by atoms with E-state index >= 15 is 0 Å². The molecule has 92 valence electrons. The quantitative estimate of drug-likeness (QED) is 0.849. The molecule has 0 amide bonds. The topological polar surface area (TPSA) is 47.3 Å². The van der Waals surface area contributed by atoms with Crippen LogP contribution in [0.3, 0.4) is 0 Å². The molecule has 4 heteroatoms. The van der Waals surface area contributed by atoms with Crippen molar-refractivity contribution in [3.63, 3.8) is 0 Å². The van der Waals surface area contributed by atoms with E-state index in [1.807, 2.05) is 24.8 Å². The molecule has 1 N–H and O–H groups in total. The standard InChI is InChI=1S/C13H17FN2O/c1-10(2)16(5-6-17)9-12-7-11(8-15)3-4-13(12)14/h3-4,7,10,17H,5-6,9H2,1-2H3. The molecule has 0 unspecified atom stereocenters. The third-order valence-electron chi connectivity index (χ3n) is 2.67. The van der Waals surface area contributed by atoms with Crippen molar-refractivity contribution in [3.8, 4) is 6.07 Å². The first-order valence-corrected chi connectivity index (χ1v) is 5.62. The van der Waals surface area contributed by atoms with Crippen LogP contribution in [0.4, 0.5) is 4.39 Å². The van der Waals surface area contributed by atoms with Crippen LogP contribution < -0.4 is 0 Å². The minimum Gasteiger partial charge on any atom is -0.395 e. The first-order chi connectivity index (χ1) is 8.08. The molecule has 0 radical (unpaired) electrons. The highest BCUT2D eigenvalue weighted by Gasteiger charge is 2.12. The minimum atomic E-state index is -0.312. The van der Waals surface area contributed by atoms with Crippen LogP contribution in [0.1, 0.15) is 25.0 Å². The van der Waals surface area contributed by atoms with Crippen molar-refractivity contribution in [1.29, 1.82) is 5.26 Å². The van der Waals surface area contributed by atoms with Crippen LogP contribution in [0.2, 0.25) is 0 Å². The number of nitrogens with zero attached hydrogens (tertiary/aromatic N) is 2. The molecule has 0 fully saturated rings. The van der Waals surface area contributed by atoms with Gasteiger partial charge in [-0.2, -0.15) is 5.26 Å². The van der Waals surface area contributed by atoms with Gasteiger partial charge in [-0.1, -0.05) is 0 Å². The summed E-state index contributed by atoms with van der Waals surface area (Å²) in [5, 5.41) is 17.7. The van der Waals surface area contributed by atoms with Crippen molar-refractivity contribution in [2.45, 2.75) is 26.4 Å². The maximum atomic E-state index is 13.6. The van der Waals surface area contributed by atoms with Crippen LogP contribution in [0.15, 0.2) is 18.2 Å². The second-order valence-corrected chi connectivity index (χ2v) is 4.21. The first-order valence-electron chi connectivity index (χ1n) is 5.62. The van der Waals surface area contributed by atoms with Gasteiger partial charge < -0.3 is 5.11 Å². The molecular weight excluding hydrogens is 219 g/mol. The van der Waals surface area contributed by atoms with Crippen molar-refractivity contribution in [2.24, 2.45) is 0 Å². The van der Waals surface area contributed by atoms with Crippen LogP contribution in [0, 0.1) is 17.1 Å². The van der Waals surface area contributed by atoms with E-state index < -0.39 is 0 Å². The summed E-state index contributed by atoms with van der Waals surface area (Å²) in [4.78, 5) is 1.96. The van der Waals surface area contributed by atoms with Gasteiger partial charge in [0.25, 0.3) is 0 Å². The SMILES string of the molecule is CC(C)N(CCO)Cc1cc(C#N)ccc1F. The lowest BCUT2D eigenvalue weighted by molar-refractivity contribution is 0.158. The summed E-state index contributed by atoms with van der Waals surface area (Å²) in [6.07, 6.45) is 0. The van der Waals surface area contributed by atoms with Crippen LogP contribution in [0.5, 0.6) is 0 Å².